The van der Waals surface area contributed by atoms with E-state index in [1.807, 2.05) is 42.5 Å². The Bertz CT molecular complexity index is 775. The van der Waals surface area contributed by atoms with Gasteiger partial charge in [-0.2, -0.15) is 5.10 Å². The van der Waals surface area contributed by atoms with E-state index in [1.54, 1.807) is 13.3 Å². The molecule has 0 unspecified atom stereocenters. The fourth-order valence-corrected chi connectivity index (χ4v) is 2.42. The monoisotopic (exact) mass is 320 g/mol. The molecule has 0 amide bonds. The SMILES string of the molecule is COc1ccc(-c2cnnc(NC[C@H](C)c3ccccc3)n2)cc1. The van der Waals surface area contributed by atoms with Crippen LogP contribution in [0.25, 0.3) is 11.3 Å². The maximum atomic E-state index is 5.17. The van der Waals surface area contributed by atoms with E-state index in [9.17, 15) is 0 Å². The first-order chi connectivity index (χ1) is 11.8. The largest absolute Gasteiger partial charge is 0.497 e. The Morgan fingerprint density at radius 3 is 2.50 bits per heavy atom. The molecule has 0 bridgehead atoms. The molecular weight excluding hydrogens is 300 g/mol. The van der Waals surface area contributed by atoms with E-state index in [0.717, 1.165) is 23.6 Å². The van der Waals surface area contributed by atoms with Gasteiger partial charge in [-0.1, -0.05) is 37.3 Å². The molecule has 3 aromatic rings. The van der Waals surface area contributed by atoms with Gasteiger partial charge in [0, 0.05) is 12.1 Å². The number of hydrogen-bond acceptors (Lipinski definition) is 5. The summed E-state index contributed by atoms with van der Waals surface area (Å²) in [5, 5.41) is 11.4. The van der Waals surface area contributed by atoms with Crippen molar-refractivity contribution in [2.75, 3.05) is 19.0 Å². The molecule has 0 fully saturated rings. The Hall–Kier alpha value is -2.95. The van der Waals surface area contributed by atoms with E-state index >= 15 is 0 Å². The zero-order valence-corrected chi connectivity index (χ0v) is 13.8. The summed E-state index contributed by atoms with van der Waals surface area (Å²) in [4.78, 5) is 4.54. The molecule has 1 heterocycles. The Labute approximate surface area is 141 Å². The van der Waals surface area contributed by atoms with Crippen LogP contribution in [0.1, 0.15) is 18.4 Å². The normalized spacial score (nSPS) is 11.8. The van der Waals surface area contributed by atoms with E-state index in [0.29, 0.717) is 11.9 Å². The number of benzene rings is 2. The predicted molar refractivity (Wildman–Crippen MR) is 95.2 cm³/mol. The molecule has 1 aromatic heterocycles. The van der Waals surface area contributed by atoms with Crippen molar-refractivity contribution in [3.8, 4) is 17.0 Å². The van der Waals surface area contributed by atoms with Crippen molar-refractivity contribution in [1.29, 1.82) is 0 Å². The van der Waals surface area contributed by atoms with Gasteiger partial charge < -0.3 is 10.1 Å². The minimum Gasteiger partial charge on any atom is -0.497 e. The molecular formula is C19H20N4O. The van der Waals surface area contributed by atoms with Crippen molar-refractivity contribution in [3.63, 3.8) is 0 Å². The molecule has 24 heavy (non-hydrogen) atoms. The van der Waals surface area contributed by atoms with Gasteiger partial charge in [0.1, 0.15) is 5.75 Å². The summed E-state index contributed by atoms with van der Waals surface area (Å²) in [6.45, 7) is 2.92. The average Bonchev–Trinajstić information content (AvgIpc) is 2.67. The zero-order valence-electron chi connectivity index (χ0n) is 13.8. The zero-order chi connectivity index (χ0) is 16.8. The molecule has 0 radical (unpaired) electrons. The molecule has 2 aromatic carbocycles. The Kier molecular flexibility index (Phi) is 5.01. The highest BCUT2D eigenvalue weighted by atomic mass is 16.5. The summed E-state index contributed by atoms with van der Waals surface area (Å²) in [6.07, 6.45) is 1.66. The van der Waals surface area contributed by atoms with Crippen LogP contribution in [0.3, 0.4) is 0 Å². The van der Waals surface area contributed by atoms with Crippen molar-refractivity contribution in [1.82, 2.24) is 15.2 Å². The van der Waals surface area contributed by atoms with Crippen LogP contribution in [0, 0.1) is 0 Å². The number of methoxy groups -OCH3 is 1. The third kappa shape index (κ3) is 3.87. The number of aromatic nitrogens is 3. The summed E-state index contributed by atoms with van der Waals surface area (Å²) >= 11 is 0. The predicted octanol–water partition coefficient (Wildman–Crippen LogP) is 3.76. The third-order valence-corrected chi connectivity index (χ3v) is 3.88. The number of rotatable bonds is 6. The number of nitrogens with one attached hydrogen (secondary N) is 1. The van der Waals surface area contributed by atoms with Gasteiger partial charge in [-0.05, 0) is 35.7 Å². The quantitative estimate of drug-likeness (QED) is 0.749. The van der Waals surface area contributed by atoms with Gasteiger partial charge in [0.05, 0.1) is 19.0 Å². The van der Waals surface area contributed by atoms with Gasteiger partial charge in [-0.15, -0.1) is 5.10 Å². The molecule has 0 aliphatic heterocycles. The lowest BCUT2D eigenvalue weighted by molar-refractivity contribution is 0.415. The van der Waals surface area contributed by atoms with Crippen molar-refractivity contribution in [2.24, 2.45) is 0 Å². The van der Waals surface area contributed by atoms with Crippen LogP contribution in [-0.4, -0.2) is 28.8 Å². The first-order valence-electron chi connectivity index (χ1n) is 7.89. The number of anilines is 1. The molecule has 0 saturated heterocycles. The summed E-state index contributed by atoms with van der Waals surface area (Å²) < 4.78 is 5.17. The van der Waals surface area contributed by atoms with Crippen LogP contribution in [-0.2, 0) is 0 Å². The summed E-state index contributed by atoms with van der Waals surface area (Å²) in [6, 6.07) is 18.1. The van der Waals surface area contributed by atoms with Gasteiger partial charge in [0.25, 0.3) is 0 Å². The van der Waals surface area contributed by atoms with E-state index < -0.39 is 0 Å². The van der Waals surface area contributed by atoms with Crippen LogP contribution in [0.5, 0.6) is 5.75 Å². The molecule has 0 aliphatic rings. The number of ether oxygens (including phenoxy) is 1. The maximum absolute atomic E-state index is 5.17. The van der Waals surface area contributed by atoms with Gasteiger partial charge >= 0.3 is 0 Å². The van der Waals surface area contributed by atoms with Crippen molar-refractivity contribution >= 4 is 5.95 Å². The topological polar surface area (TPSA) is 59.9 Å². The number of hydrogen-bond donors (Lipinski definition) is 1. The van der Waals surface area contributed by atoms with E-state index in [-0.39, 0.29) is 0 Å². The molecule has 0 saturated carbocycles. The van der Waals surface area contributed by atoms with Crippen molar-refractivity contribution in [2.45, 2.75) is 12.8 Å². The molecule has 5 heteroatoms. The van der Waals surface area contributed by atoms with Gasteiger partial charge in [0.15, 0.2) is 0 Å². The summed E-state index contributed by atoms with van der Waals surface area (Å²) in [7, 11) is 1.65. The second-order valence-corrected chi connectivity index (χ2v) is 5.59. The van der Waals surface area contributed by atoms with E-state index in [1.165, 1.54) is 5.56 Å². The summed E-state index contributed by atoms with van der Waals surface area (Å²) in [5.74, 6) is 1.71. The minimum atomic E-state index is 0.361. The second-order valence-electron chi connectivity index (χ2n) is 5.59. The molecule has 1 atom stereocenters. The lowest BCUT2D eigenvalue weighted by atomic mass is 10.0. The smallest absolute Gasteiger partial charge is 0.243 e. The van der Waals surface area contributed by atoms with Crippen molar-refractivity contribution < 1.29 is 4.74 Å². The molecule has 122 valence electrons. The van der Waals surface area contributed by atoms with E-state index in [4.69, 9.17) is 4.74 Å². The molecule has 5 nitrogen and oxygen atoms in total. The first-order valence-corrected chi connectivity index (χ1v) is 7.89. The number of nitrogens with zero attached hydrogens (tertiary/aromatic N) is 3. The van der Waals surface area contributed by atoms with Crippen LogP contribution in [0.4, 0.5) is 5.95 Å². The van der Waals surface area contributed by atoms with Crippen LogP contribution < -0.4 is 10.1 Å². The minimum absolute atomic E-state index is 0.361. The van der Waals surface area contributed by atoms with Gasteiger partial charge in [-0.25, -0.2) is 4.98 Å². The maximum Gasteiger partial charge on any atom is 0.243 e. The highest BCUT2D eigenvalue weighted by molar-refractivity contribution is 5.60. The van der Waals surface area contributed by atoms with Gasteiger partial charge in [-0.3, -0.25) is 0 Å². The van der Waals surface area contributed by atoms with Crippen LogP contribution in [0.2, 0.25) is 0 Å². The Balaban J connectivity index is 1.68. The third-order valence-electron chi connectivity index (χ3n) is 3.88. The standard InChI is InChI=1S/C19H20N4O/c1-14(15-6-4-3-5-7-15)12-20-19-22-18(13-21-23-19)16-8-10-17(24-2)11-9-16/h3-11,13-14H,12H2,1-2H3,(H,20,22,23)/t14-/m0/s1. The average molecular weight is 320 g/mol. The highest BCUT2D eigenvalue weighted by Crippen LogP contribution is 2.21. The molecule has 0 spiro atoms. The first kappa shape index (κ1) is 15.9. The van der Waals surface area contributed by atoms with Gasteiger partial charge in [0.2, 0.25) is 5.95 Å². The Morgan fingerprint density at radius 1 is 1.04 bits per heavy atom. The second kappa shape index (κ2) is 7.55. The lowest BCUT2D eigenvalue weighted by Gasteiger charge is -2.13. The summed E-state index contributed by atoms with van der Waals surface area (Å²) in [5.41, 5.74) is 3.04. The van der Waals surface area contributed by atoms with Crippen LogP contribution >= 0.6 is 0 Å². The lowest BCUT2D eigenvalue weighted by Crippen LogP contribution is -2.12. The van der Waals surface area contributed by atoms with E-state index in [2.05, 4.69) is 39.6 Å². The fraction of sp³-hybridized carbons (Fsp3) is 0.211. The van der Waals surface area contributed by atoms with Crippen molar-refractivity contribution in [3.05, 3.63) is 66.4 Å². The molecule has 1 N–H and O–H groups in total. The van der Waals surface area contributed by atoms with Crippen LogP contribution in [0.15, 0.2) is 60.8 Å². The molecule has 0 aliphatic carbocycles. The Morgan fingerprint density at radius 2 is 1.79 bits per heavy atom. The fourth-order valence-electron chi connectivity index (χ4n) is 2.42. The molecule has 3 rings (SSSR count). The highest BCUT2D eigenvalue weighted by Gasteiger charge is 2.07.